The van der Waals surface area contributed by atoms with Crippen molar-refractivity contribution < 1.29 is 189 Å². The van der Waals surface area contributed by atoms with Crippen molar-refractivity contribution in [3.63, 3.8) is 0 Å². The van der Waals surface area contributed by atoms with Crippen molar-refractivity contribution in [3.8, 4) is 23.0 Å². The molecule has 0 bridgehead atoms. The van der Waals surface area contributed by atoms with E-state index >= 15 is 0 Å². The van der Waals surface area contributed by atoms with Gasteiger partial charge in [-0.05, 0) is 109 Å². The Morgan fingerprint density at radius 3 is 0.729 bits per heavy atom. The van der Waals surface area contributed by atoms with Crippen molar-refractivity contribution in [2.45, 2.75) is 51.4 Å². The van der Waals surface area contributed by atoms with Gasteiger partial charge in [-0.15, -0.1) is 0 Å². The first-order valence-electron chi connectivity index (χ1n) is 21.0. The van der Waals surface area contributed by atoms with E-state index in [9.17, 15) is 51.9 Å². The van der Waals surface area contributed by atoms with Gasteiger partial charge in [-0.3, -0.25) is 0 Å². The molecule has 0 N–H and O–H groups in total. The molecule has 0 saturated carbocycles. The molecule has 4 rings (SSSR count). The van der Waals surface area contributed by atoms with Crippen molar-refractivity contribution in [3.05, 3.63) is 118 Å². The molecule has 0 heterocycles. The number of hydrogen-bond acceptors (Lipinski definition) is 16. The fraction of sp³-hybridized carbons (Fsp3) is 0.348. The van der Waals surface area contributed by atoms with E-state index in [-0.39, 0.29) is 170 Å². The van der Waals surface area contributed by atoms with E-state index in [2.05, 4.69) is 0 Å². The van der Waals surface area contributed by atoms with E-state index in [1.165, 1.54) is 0 Å². The van der Waals surface area contributed by atoms with E-state index in [4.69, 9.17) is 18.9 Å². The van der Waals surface area contributed by atoms with Crippen LogP contribution in [0.15, 0.2) is 84.9 Å². The van der Waals surface area contributed by atoms with Gasteiger partial charge in [0.1, 0.15) is 0 Å². The quantitative estimate of drug-likeness (QED) is 0.0205. The molecule has 0 aliphatic rings. The van der Waals surface area contributed by atoms with Crippen molar-refractivity contribution in [1.29, 1.82) is 0 Å². The van der Waals surface area contributed by atoms with Gasteiger partial charge in [-0.25, -0.2) is 33.7 Å². The van der Waals surface area contributed by atoms with Crippen molar-refractivity contribution >= 4 is 76.9 Å². The van der Waals surface area contributed by atoms with Gasteiger partial charge in [-0.1, -0.05) is 97.1 Å². The Labute approximate surface area is 501 Å². The molecule has 4 aromatic carbocycles. The van der Waals surface area contributed by atoms with Gasteiger partial charge in [0.2, 0.25) is 0 Å². The number of ether oxygens (including phenoxy) is 4. The van der Waals surface area contributed by atoms with Crippen LogP contribution in [0.4, 0.5) is 0 Å². The molecule has 0 spiro atoms. The first kappa shape index (κ1) is 68.9. The molecule has 0 unspecified atom stereocenters. The van der Waals surface area contributed by atoms with Crippen LogP contribution in [-0.4, -0.2) is 101 Å². The van der Waals surface area contributed by atoms with E-state index in [1.54, 1.807) is 24.3 Å². The summed E-state index contributed by atoms with van der Waals surface area (Å²) in [5.74, 6) is -0.402. The molecule has 0 saturated heterocycles. The van der Waals surface area contributed by atoms with E-state index in [1.807, 2.05) is 97.1 Å². The first-order chi connectivity index (χ1) is 31.2. The van der Waals surface area contributed by atoms with Crippen molar-refractivity contribution in [2.24, 2.45) is 0 Å². The summed E-state index contributed by atoms with van der Waals surface area (Å²) in [5.41, 5.74) is 5.38. The van der Waals surface area contributed by atoms with Crippen molar-refractivity contribution in [1.82, 2.24) is 0 Å². The second-order valence-electron chi connectivity index (χ2n) is 15.0. The third kappa shape index (κ3) is 31.6. The maximum atomic E-state index is 10.9. The summed E-state index contributed by atoms with van der Waals surface area (Å²) >= 11 is 0. The molecule has 16 nitrogen and oxygen atoms in total. The molecule has 0 amide bonds. The smallest absolute Gasteiger partial charge is 0.748 e. The SMILES string of the molecule is O=S(=O)([O-])CCCCOc1ccc(/C=C/c2ccc(/C=C/c3ccc(/C=C/c4ccc(OCCCCS(=O)(=O)[O-])c(OCCCCS(=O)(=O)[O-])c4)cc3)cc2)cc1OCCCCS(=O)(=O)[O-].[Na+].[Na+].[Na+].[Na+]. The van der Waals surface area contributed by atoms with Crippen LogP contribution in [0.5, 0.6) is 23.0 Å². The summed E-state index contributed by atoms with van der Waals surface area (Å²) in [7, 11) is -17.3. The minimum absolute atomic E-state index is 0. The fourth-order valence-corrected chi connectivity index (χ4v) is 8.22. The number of hydrogen-bond donors (Lipinski definition) is 0. The Bertz CT molecular complexity index is 2530. The largest absolute Gasteiger partial charge is 1.00 e. The van der Waals surface area contributed by atoms with Gasteiger partial charge >= 0.3 is 118 Å². The van der Waals surface area contributed by atoms with E-state index in [0.717, 1.165) is 33.4 Å². The van der Waals surface area contributed by atoms with Crippen LogP contribution in [0.1, 0.15) is 84.7 Å². The van der Waals surface area contributed by atoms with Gasteiger partial charge in [-0.2, -0.15) is 0 Å². The molecule has 0 aromatic heterocycles. The van der Waals surface area contributed by atoms with Gasteiger partial charge in [0, 0.05) is 23.0 Å². The summed E-state index contributed by atoms with van der Waals surface area (Å²) in [6, 6.07) is 26.3. The van der Waals surface area contributed by atoms with E-state index in [0.29, 0.717) is 48.7 Å². The molecule has 360 valence electrons. The predicted octanol–water partition coefficient (Wildman–Crippen LogP) is -4.97. The summed E-state index contributed by atoms with van der Waals surface area (Å²) in [6.45, 7) is 0.569. The predicted molar refractivity (Wildman–Crippen MR) is 250 cm³/mol. The number of rotatable bonds is 30. The van der Waals surface area contributed by atoms with Crippen LogP contribution in [0.2, 0.25) is 0 Å². The molecule has 70 heavy (non-hydrogen) atoms. The Kier molecular flexibility index (Phi) is 34.7. The van der Waals surface area contributed by atoms with Crippen LogP contribution in [0.25, 0.3) is 36.5 Å². The summed E-state index contributed by atoms with van der Waals surface area (Å²) in [6.07, 6.45) is 13.5. The minimum atomic E-state index is -4.33. The van der Waals surface area contributed by atoms with Gasteiger partial charge < -0.3 is 37.2 Å². The monoisotopic (exact) mass is 1080 g/mol. The Balaban J connectivity index is 0.0000119. The summed E-state index contributed by atoms with van der Waals surface area (Å²) in [4.78, 5) is 0. The average molecular weight is 1080 g/mol. The molecular weight excluding hydrogens is 1030 g/mol. The number of benzene rings is 4. The van der Waals surface area contributed by atoms with Gasteiger partial charge in [0.25, 0.3) is 0 Å². The first-order valence-corrected chi connectivity index (χ1v) is 27.3. The zero-order chi connectivity index (χ0) is 48.1. The summed E-state index contributed by atoms with van der Waals surface area (Å²) < 4.78 is 154. The summed E-state index contributed by atoms with van der Waals surface area (Å²) in [5, 5.41) is 0. The third-order valence-corrected chi connectivity index (χ3v) is 12.6. The standard InChI is InChI=1S/C46H56O16S4.4Na/c47-63(48,49)31-5-1-27-59-43-25-23-41(35-45(43)61-29-3-7-33-65(53,54)55)21-19-39-15-11-37(12-16-39)9-10-38-13-17-40(18-14-38)20-22-42-24-26-44(60-28-2-6-32-64(50,51)52)46(36-42)62-30-4-8-34-66(56,57)58;;;;/h9-26,35-36H,1-8,27-34H2,(H,47,48,49)(H,50,51,52)(H,53,54,55)(H,56,57,58);;;;/q;4*+1/p-4/b10-9+,21-19+,22-20+;;;;. The van der Waals surface area contributed by atoms with Gasteiger partial charge in [0.15, 0.2) is 23.0 Å². The third-order valence-electron chi connectivity index (χ3n) is 9.40. The van der Waals surface area contributed by atoms with Crippen LogP contribution in [-0.2, 0) is 40.5 Å². The number of unbranched alkanes of at least 4 members (excludes halogenated alkanes) is 4. The molecular formula is C46H52Na4O16S4. The van der Waals surface area contributed by atoms with Crippen molar-refractivity contribution in [2.75, 3.05) is 49.4 Å². The molecule has 0 fully saturated rings. The Hall–Kier alpha value is -1.06. The minimum Gasteiger partial charge on any atom is -0.748 e. The molecule has 4 aromatic rings. The molecule has 0 aliphatic carbocycles. The van der Waals surface area contributed by atoms with Crippen LogP contribution >= 0.6 is 0 Å². The second-order valence-corrected chi connectivity index (χ2v) is 21.1. The molecule has 24 heteroatoms. The van der Waals surface area contributed by atoms with E-state index < -0.39 is 63.5 Å². The average Bonchev–Trinajstić information content (AvgIpc) is 3.24. The molecule has 0 atom stereocenters. The topological polar surface area (TPSA) is 266 Å². The molecule has 0 aliphatic heterocycles. The maximum absolute atomic E-state index is 10.9. The zero-order valence-corrected chi connectivity index (χ0v) is 51.3. The van der Waals surface area contributed by atoms with Crippen LogP contribution < -0.4 is 137 Å². The second kappa shape index (κ2) is 35.2. The molecule has 0 radical (unpaired) electrons. The zero-order valence-electron chi connectivity index (χ0n) is 40.0. The maximum Gasteiger partial charge on any atom is 1.00 e. The fourth-order valence-electron chi connectivity index (χ4n) is 5.99. The Morgan fingerprint density at radius 1 is 0.300 bits per heavy atom. The van der Waals surface area contributed by atoms with Crippen LogP contribution in [0, 0.1) is 0 Å². The van der Waals surface area contributed by atoms with Gasteiger partial charge in [0.05, 0.1) is 66.9 Å². The Morgan fingerprint density at radius 2 is 0.500 bits per heavy atom. The normalized spacial score (nSPS) is 11.9. The van der Waals surface area contributed by atoms with Crippen LogP contribution in [0.3, 0.4) is 0 Å².